The van der Waals surface area contributed by atoms with Gasteiger partial charge < -0.3 is 19.9 Å². The number of amides is 1. The standard InChI is InChI=1S/C16H14ClNO5/c1-22-11-5-9(6-12(8-11)23-2)15(19)18-10-3-4-13(16(20)21)14(17)7-10/h3-8H,1-2H3,(H,18,19)(H,20,21). The summed E-state index contributed by atoms with van der Waals surface area (Å²) >= 11 is 5.88. The average molecular weight is 336 g/mol. The van der Waals surface area contributed by atoms with E-state index >= 15 is 0 Å². The lowest BCUT2D eigenvalue weighted by Gasteiger charge is -2.10. The summed E-state index contributed by atoms with van der Waals surface area (Å²) in [6, 6.07) is 8.93. The van der Waals surface area contributed by atoms with Gasteiger partial charge in [-0.3, -0.25) is 4.79 Å². The molecule has 2 rings (SSSR count). The Hall–Kier alpha value is -2.73. The van der Waals surface area contributed by atoms with Crippen molar-refractivity contribution in [2.24, 2.45) is 0 Å². The Morgan fingerprint density at radius 2 is 1.65 bits per heavy atom. The first-order chi connectivity index (χ1) is 10.9. The molecule has 0 bridgehead atoms. The molecule has 0 aromatic heterocycles. The van der Waals surface area contributed by atoms with Crippen molar-refractivity contribution in [2.75, 3.05) is 19.5 Å². The summed E-state index contributed by atoms with van der Waals surface area (Å²) in [6.07, 6.45) is 0. The number of carbonyl (C=O) groups is 2. The molecule has 0 aliphatic rings. The minimum atomic E-state index is -1.13. The Kier molecular flexibility index (Phi) is 5.08. The van der Waals surface area contributed by atoms with E-state index in [1.165, 1.54) is 32.4 Å². The molecule has 2 aromatic rings. The fourth-order valence-electron chi connectivity index (χ4n) is 1.91. The molecule has 0 aliphatic heterocycles. The second-order valence-corrected chi connectivity index (χ2v) is 4.96. The number of benzene rings is 2. The lowest BCUT2D eigenvalue weighted by Crippen LogP contribution is -2.12. The Balaban J connectivity index is 2.25. The molecule has 0 spiro atoms. The fourth-order valence-corrected chi connectivity index (χ4v) is 2.17. The maximum Gasteiger partial charge on any atom is 0.337 e. The first kappa shape index (κ1) is 16.6. The highest BCUT2D eigenvalue weighted by molar-refractivity contribution is 6.33. The summed E-state index contributed by atoms with van der Waals surface area (Å²) in [7, 11) is 2.97. The van der Waals surface area contributed by atoms with Gasteiger partial charge in [0, 0.05) is 17.3 Å². The Labute approximate surface area is 137 Å². The lowest BCUT2D eigenvalue weighted by atomic mass is 10.1. The smallest absolute Gasteiger partial charge is 0.337 e. The Morgan fingerprint density at radius 1 is 1.04 bits per heavy atom. The molecule has 0 saturated heterocycles. The van der Waals surface area contributed by atoms with Crippen molar-refractivity contribution in [3.8, 4) is 11.5 Å². The van der Waals surface area contributed by atoms with E-state index in [-0.39, 0.29) is 10.6 Å². The van der Waals surface area contributed by atoms with Crippen LogP contribution in [0.25, 0.3) is 0 Å². The van der Waals surface area contributed by atoms with Gasteiger partial charge in [0.15, 0.2) is 0 Å². The quantitative estimate of drug-likeness (QED) is 0.875. The second-order valence-electron chi connectivity index (χ2n) is 4.56. The van der Waals surface area contributed by atoms with Crippen molar-refractivity contribution in [1.82, 2.24) is 0 Å². The molecule has 2 aromatic carbocycles. The molecular formula is C16H14ClNO5. The Bertz CT molecular complexity index is 738. The fraction of sp³-hybridized carbons (Fsp3) is 0.125. The molecule has 2 N–H and O–H groups in total. The average Bonchev–Trinajstić information content (AvgIpc) is 2.53. The van der Waals surface area contributed by atoms with Gasteiger partial charge in [-0.05, 0) is 30.3 Å². The molecule has 0 heterocycles. The van der Waals surface area contributed by atoms with Crippen molar-refractivity contribution < 1.29 is 24.2 Å². The minimum Gasteiger partial charge on any atom is -0.497 e. The minimum absolute atomic E-state index is 0.0345. The molecule has 7 heteroatoms. The van der Waals surface area contributed by atoms with E-state index in [1.54, 1.807) is 18.2 Å². The predicted molar refractivity (Wildman–Crippen MR) is 85.9 cm³/mol. The molecular weight excluding hydrogens is 322 g/mol. The number of hydrogen-bond acceptors (Lipinski definition) is 4. The van der Waals surface area contributed by atoms with E-state index in [0.717, 1.165) is 0 Å². The van der Waals surface area contributed by atoms with Crippen LogP contribution in [0.2, 0.25) is 5.02 Å². The van der Waals surface area contributed by atoms with Gasteiger partial charge in [0.05, 0.1) is 24.8 Å². The van der Waals surface area contributed by atoms with Gasteiger partial charge in [-0.25, -0.2) is 4.79 Å². The largest absolute Gasteiger partial charge is 0.497 e. The van der Waals surface area contributed by atoms with Gasteiger partial charge in [-0.2, -0.15) is 0 Å². The van der Waals surface area contributed by atoms with E-state index < -0.39 is 11.9 Å². The van der Waals surface area contributed by atoms with E-state index in [9.17, 15) is 9.59 Å². The normalized spacial score (nSPS) is 10.0. The highest BCUT2D eigenvalue weighted by atomic mass is 35.5. The molecule has 0 radical (unpaired) electrons. The summed E-state index contributed by atoms with van der Waals surface area (Å²) in [6.45, 7) is 0. The van der Waals surface area contributed by atoms with E-state index in [4.69, 9.17) is 26.2 Å². The van der Waals surface area contributed by atoms with Gasteiger partial charge in [0.25, 0.3) is 5.91 Å². The molecule has 0 aliphatic carbocycles. The summed E-state index contributed by atoms with van der Waals surface area (Å²) in [5.41, 5.74) is 0.680. The van der Waals surface area contributed by atoms with Crippen molar-refractivity contribution in [2.45, 2.75) is 0 Å². The van der Waals surface area contributed by atoms with Crippen LogP contribution in [0, 0.1) is 0 Å². The van der Waals surface area contributed by atoms with Gasteiger partial charge in [0.2, 0.25) is 0 Å². The zero-order chi connectivity index (χ0) is 17.0. The van der Waals surface area contributed by atoms with Gasteiger partial charge in [0.1, 0.15) is 11.5 Å². The second kappa shape index (κ2) is 7.02. The zero-order valence-electron chi connectivity index (χ0n) is 12.4. The first-order valence-corrected chi connectivity index (χ1v) is 6.89. The lowest BCUT2D eigenvalue weighted by molar-refractivity contribution is 0.0697. The van der Waals surface area contributed by atoms with Crippen molar-refractivity contribution in [1.29, 1.82) is 0 Å². The van der Waals surface area contributed by atoms with Crippen LogP contribution < -0.4 is 14.8 Å². The van der Waals surface area contributed by atoms with Gasteiger partial charge in [-0.1, -0.05) is 11.6 Å². The van der Waals surface area contributed by atoms with Gasteiger partial charge >= 0.3 is 5.97 Å². The SMILES string of the molecule is COc1cc(OC)cc(C(=O)Nc2ccc(C(=O)O)c(Cl)c2)c1. The topological polar surface area (TPSA) is 84.9 Å². The number of carboxylic acid groups (broad SMARTS) is 1. The van der Waals surface area contributed by atoms with Crippen LogP contribution in [0.3, 0.4) is 0 Å². The molecule has 0 atom stereocenters. The van der Waals surface area contributed by atoms with Crippen LogP contribution in [-0.4, -0.2) is 31.2 Å². The summed E-state index contributed by atoms with van der Waals surface area (Å²) in [5, 5.41) is 11.6. The van der Waals surface area contributed by atoms with Crippen LogP contribution in [0.4, 0.5) is 5.69 Å². The number of carbonyl (C=O) groups excluding carboxylic acids is 1. The molecule has 0 fully saturated rings. The number of hydrogen-bond donors (Lipinski definition) is 2. The first-order valence-electron chi connectivity index (χ1n) is 6.52. The van der Waals surface area contributed by atoms with Crippen molar-refractivity contribution in [3.63, 3.8) is 0 Å². The number of methoxy groups -OCH3 is 2. The summed E-state index contributed by atoms with van der Waals surface area (Å²) < 4.78 is 10.2. The third-order valence-electron chi connectivity index (χ3n) is 3.07. The maximum atomic E-state index is 12.3. The third-order valence-corrected chi connectivity index (χ3v) is 3.38. The monoisotopic (exact) mass is 335 g/mol. The summed E-state index contributed by atoms with van der Waals surface area (Å²) in [5.74, 6) is -0.575. The maximum absolute atomic E-state index is 12.3. The van der Waals surface area contributed by atoms with Crippen LogP contribution in [0.1, 0.15) is 20.7 Å². The molecule has 1 amide bonds. The molecule has 120 valence electrons. The number of aromatic carboxylic acids is 1. The molecule has 0 saturated carbocycles. The van der Waals surface area contributed by atoms with Crippen LogP contribution in [-0.2, 0) is 0 Å². The number of halogens is 1. The number of nitrogens with one attached hydrogen (secondary N) is 1. The molecule has 6 nitrogen and oxygen atoms in total. The van der Waals surface area contributed by atoms with Gasteiger partial charge in [-0.15, -0.1) is 0 Å². The van der Waals surface area contributed by atoms with Crippen LogP contribution in [0.15, 0.2) is 36.4 Å². The Morgan fingerprint density at radius 3 is 2.13 bits per heavy atom. The highest BCUT2D eigenvalue weighted by Crippen LogP contribution is 2.25. The summed E-state index contributed by atoms with van der Waals surface area (Å²) in [4.78, 5) is 23.2. The highest BCUT2D eigenvalue weighted by Gasteiger charge is 2.13. The molecule has 0 unspecified atom stereocenters. The third kappa shape index (κ3) is 3.92. The number of ether oxygens (including phenoxy) is 2. The van der Waals surface area contributed by atoms with E-state index in [0.29, 0.717) is 22.7 Å². The van der Waals surface area contributed by atoms with E-state index in [2.05, 4.69) is 5.32 Å². The zero-order valence-corrected chi connectivity index (χ0v) is 13.2. The van der Waals surface area contributed by atoms with Crippen molar-refractivity contribution >= 4 is 29.2 Å². The molecule has 23 heavy (non-hydrogen) atoms. The van der Waals surface area contributed by atoms with Crippen LogP contribution in [0.5, 0.6) is 11.5 Å². The van der Waals surface area contributed by atoms with Crippen LogP contribution >= 0.6 is 11.6 Å². The predicted octanol–water partition coefficient (Wildman–Crippen LogP) is 3.31. The number of anilines is 1. The van der Waals surface area contributed by atoms with Crippen molar-refractivity contribution in [3.05, 3.63) is 52.5 Å². The number of rotatable bonds is 5. The van der Waals surface area contributed by atoms with E-state index in [1.807, 2.05) is 0 Å². The number of carboxylic acids is 1.